The summed E-state index contributed by atoms with van der Waals surface area (Å²) in [6, 6.07) is 35.5. The summed E-state index contributed by atoms with van der Waals surface area (Å²) in [6.45, 7) is 3.54. The fraction of sp³-hybridized carbons (Fsp3) is 0.294. The standard InChI is InChI=1S/C34H38N2O3/c1-24(26-8-4-3-5-9-26)36(2)22-31-20-33(28-14-12-25(23-37)13-15-28)39-34(38-31)29-18-16-27(17-19-29)32-11-7-6-10-30(32)21-35/h3-19,24,31,33-34,37H,20-23,35H2,1-2H3/t24-,31+,33-,34-/m0/s1. The normalized spacial score (nSPS) is 20.2. The summed E-state index contributed by atoms with van der Waals surface area (Å²) in [5.74, 6) is 0. The number of ether oxygens (including phenoxy) is 2. The van der Waals surface area contributed by atoms with Crippen molar-refractivity contribution in [2.45, 2.75) is 51.0 Å². The highest BCUT2D eigenvalue weighted by Crippen LogP contribution is 2.39. The molecule has 0 bridgehead atoms. The molecule has 39 heavy (non-hydrogen) atoms. The van der Waals surface area contributed by atoms with E-state index in [4.69, 9.17) is 15.2 Å². The van der Waals surface area contributed by atoms with Gasteiger partial charge in [-0.2, -0.15) is 0 Å². The Bertz CT molecular complexity index is 1320. The van der Waals surface area contributed by atoms with Gasteiger partial charge in [0.05, 0.1) is 18.8 Å². The van der Waals surface area contributed by atoms with Crippen LogP contribution < -0.4 is 5.73 Å². The molecule has 5 nitrogen and oxygen atoms in total. The zero-order chi connectivity index (χ0) is 27.2. The SMILES string of the molecule is C[C@@H](c1ccccc1)N(C)C[C@H]1C[C@@H](c2ccc(CO)cc2)O[C@@H](c2ccc(-c3ccccc3CN)cc2)O1. The van der Waals surface area contributed by atoms with Crippen molar-refractivity contribution in [1.82, 2.24) is 4.90 Å². The van der Waals surface area contributed by atoms with Gasteiger partial charge in [-0.25, -0.2) is 0 Å². The molecule has 0 aliphatic carbocycles. The predicted octanol–water partition coefficient (Wildman–Crippen LogP) is 6.54. The van der Waals surface area contributed by atoms with Gasteiger partial charge < -0.3 is 20.3 Å². The Morgan fingerprint density at radius 1 is 0.846 bits per heavy atom. The first-order valence-corrected chi connectivity index (χ1v) is 13.7. The maximum atomic E-state index is 9.49. The van der Waals surface area contributed by atoms with Crippen LogP contribution >= 0.6 is 0 Å². The Morgan fingerprint density at radius 3 is 2.21 bits per heavy atom. The molecule has 5 heteroatoms. The maximum Gasteiger partial charge on any atom is 0.184 e. The van der Waals surface area contributed by atoms with E-state index >= 15 is 0 Å². The first kappa shape index (κ1) is 27.3. The number of aliphatic hydroxyl groups excluding tert-OH is 1. The molecule has 4 aromatic carbocycles. The van der Waals surface area contributed by atoms with Crippen molar-refractivity contribution in [2.24, 2.45) is 5.73 Å². The van der Waals surface area contributed by atoms with E-state index in [0.29, 0.717) is 6.54 Å². The molecular weight excluding hydrogens is 484 g/mol. The van der Waals surface area contributed by atoms with Crippen LogP contribution in [0.4, 0.5) is 0 Å². The molecule has 3 N–H and O–H groups in total. The van der Waals surface area contributed by atoms with Crippen LogP contribution in [-0.2, 0) is 22.6 Å². The van der Waals surface area contributed by atoms with Crippen LogP contribution in [-0.4, -0.2) is 29.7 Å². The van der Waals surface area contributed by atoms with E-state index in [-0.39, 0.29) is 24.9 Å². The second-order valence-corrected chi connectivity index (χ2v) is 10.4. The Balaban J connectivity index is 1.38. The van der Waals surface area contributed by atoms with Crippen molar-refractivity contribution in [1.29, 1.82) is 0 Å². The van der Waals surface area contributed by atoms with Gasteiger partial charge in [-0.05, 0) is 47.4 Å². The second-order valence-electron chi connectivity index (χ2n) is 10.4. The molecule has 1 heterocycles. The monoisotopic (exact) mass is 522 g/mol. The van der Waals surface area contributed by atoms with Gasteiger partial charge in [-0.15, -0.1) is 0 Å². The van der Waals surface area contributed by atoms with Gasteiger partial charge in [-0.3, -0.25) is 4.90 Å². The summed E-state index contributed by atoms with van der Waals surface area (Å²) < 4.78 is 13.1. The molecule has 4 atom stereocenters. The molecule has 1 aliphatic heterocycles. The van der Waals surface area contributed by atoms with Crippen molar-refractivity contribution in [3.8, 4) is 11.1 Å². The third-order valence-corrected chi connectivity index (χ3v) is 7.78. The average molecular weight is 523 g/mol. The molecule has 1 aliphatic rings. The van der Waals surface area contributed by atoms with Crippen LogP contribution in [0.5, 0.6) is 0 Å². The van der Waals surface area contributed by atoms with E-state index in [9.17, 15) is 5.11 Å². The summed E-state index contributed by atoms with van der Waals surface area (Å²) in [7, 11) is 2.15. The van der Waals surface area contributed by atoms with Crippen LogP contribution in [0.15, 0.2) is 103 Å². The number of aliphatic hydroxyl groups is 1. The van der Waals surface area contributed by atoms with Crippen LogP contribution in [0.2, 0.25) is 0 Å². The van der Waals surface area contributed by atoms with Gasteiger partial charge in [0.2, 0.25) is 0 Å². The molecule has 5 rings (SSSR count). The van der Waals surface area contributed by atoms with Gasteiger partial charge in [-0.1, -0.05) is 103 Å². The van der Waals surface area contributed by atoms with Gasteiger partial charge in [0, 0.05) is 31.1 Å². The van der Waals surface area contributed by atoms with E-state index in [0.717, 1.165) is 46.3 Å². The lowest BCUT2D eigenvalue weighted by molar-refractivity contribution is -0.253. The van der Waals surface area contributed by atoms with Crippen molar-refractivity contribution in [2.75, 3.05) is 13.6 Å². The highest BCUT2D eigenvalue weighted by atomic mass is 16.7. The molecule has 4 aromatic rings. The van der Waals surface area contributed by atoms with Crippen LogP contribution in [0, 0.1) is 0 Å². The minimum atomic E-state index is -0.481. The first-order valence-electron chi connectivity index (χ1n) is 13.7. The number of hydrogen-bond donors (Lipinski definition) is 2. The Kier molecular flexibility index (Phi) is 8.87. The van der Waals surface area contributed by atoms with E-state index in [1.807, 2.05) is 24.3 Å². The summed E-state index contributed by atoms with van der Waals surface area (Å²) in [5, 5.41) is 9.49. The largest absolute Gasteiger partial charge is 0.392 e. The van der Waals surface area contributed by atoms with E-state index in [1.165, 1.54) is 5.56 Å². The zero-order valence-corrected chi connectivity index (χ0v) is 22.7. The van der Waals surface area contributed by atoms with Gasteiger partial charge in [0.1, 0.15) is 0 Å². The number of hydrogen-bond acceptors (Lipinski definition) is 5. The maximum absolute atomic E-state index is 9.49. The van der Waals surface area contributed by atoms with Crippen LogP contribution in [0.1, 0.15) is 59.6 Å². The summed E-state index contributed by atoms with van der Waals surface area (Å²) >= 11 is 0. The topological polar surface area (TPSA) is 68.0 Å². The molecule has 202 valence electrons. The Hall–Kier alpha value is -3.32. The molecule has 0 spiro atoms. The van der Waals surface area contributed by atoms with Crippen molar-refractivity contribution in [3.05, 3.63) is 131 Å². The lowest BCUT2D eigenvalue weighted by Gasteiger charge is -2.39. The molecule has 1 fully saturated rings. The molecule has 0 saturated carbocycles. The first-order chi connectivity index (χ1) is 19.1. The van der Waals surface area contributed by atoms with Gasteiger partial charge in [0.15, 0.2) is 6.29 Å². The molecule has 1 saturated heterocycles. The van der Waals surface area contributed by atoms with Gasteiger partial charge >= 0.3 is 0 Å². The second kappa shape index (κ2) is 12.7. The van der Waals surface area contributed by atoms with E-state index in [2.05, 4.69) is 97.7 Å². The van der Waals surface area contributed by atoms with Crippen molar-refractivity contribution >= 4 is 0 Å². The number of benzene rings is 4. The van der Waals surface area contributed by atoms with Crippen molar-refractivity contribution < 1.29 is 14.6 Å². The summed E-state index contributed by atoms with van der Waals surface area (Å²) in [5.41, 5.74) is 13.6. The highest BCUT2D eigenvalue weighted by Gasteiger charge is 2.33. The fourth-order valence-corrected chi connectivity index (χ4v) is 5.30. The third kappa shape index (κ3) is 6.47. The molecular formula is C34H38N2O3. The van der Waals surface area contributed by atoms with Crippen molar-refractivity contribution in [3.63, 3.8) is 0 Å². The number of nitrogens with zero attached hydrogens (tertiary/aromatic N) is 1. The average Bonchev–Trinajstić information content (AvgIpc) is 3.01. The molecule has 0 unspecified atom stereocenters. The van der Waals surface area contributed by atoms with E-state index in [1.54, 1.807) is 0 Å². The number of rotatable bonds is 9. The van der Waals surface area contributed by atoms with Crippen LogP contribution in [0.25, 0.3) is 11.1 Å². The van der Waals surface area contributed by atoms with Gasteiger partial charge in [0.25, 0.3) is 0 Å². The third-order valence-electron chi connectivity index (χ3n) is 7.78. The van der Waals surface area contributed by atoms with Crippen LogP contribution in [0.3, 0.4) is 0 Å². The minimum Gasteiger partial charge on any atom is -0.392 e. The Morgan fingerprint density at radius 2 is 1.51 bits per heavy atom. The molecule has 0 radical (unpaired) electrons. The lowest BCUT2D eigenvalue weighted by Crippen LogP contribution is -2.38. The predicted molar refractivity (Wildman–Crippen MR) is 156 cm³/mol. The number of likely N-dealkylation sites (N-methyl/N-ethyl adjacent to an activating group) is 1. The summed E-state index contributed by atoms with van der Waals surface area (Å²) in [6.07, 6.45) is 0.146. The zero-order valence-electron chi connectivity index (χ0n) is 22.7. The van der Waals surface area contributed by atoms with E-state index < -0.39 is 6.29 Å². The summed E-state index contributed by atoms with van der Waals surface area (Å²) in [4.78, 5) is 2.35. The lowest BCUT2D eigenvalue weighted by atomic mass is 9.97. The smallest absolute Gasteiger partial charge is 0.184 e. The fourth-order valence-electron chi connectivity index (χ4n) is 5.30. The molecule has 0 aromatic heterocycles. The highest BCUT2D eigenvalue weighted by molar-refractivity contribution is 5.67. The quantitative estimate of drug-likeness (QED) is 0.261. The Labute approximate surface area is 231 Å². The minimum absolute atomic E-state index is 0.0138. The molecule has 0 amide bonds. The number of nitrogens with two attached hydrogens (primary N) is 1.